The molecule has 3 rings (SSSR count). The summed E-state index contributed by atoms with van der Waals surface area (Å²) < 4.78 is 7.38. The average molecular weight is 379 g/mol. The number of thiazole rings is 1. The van der Waals surface area contributed by atoms with E-state index in [2.05, 4.69) is 20.9 Å². The average Bonchev–Trinajstić information content (AvgIpc) is 2.86. The molecule has 2 heterocycles. The molecule has 2 aromatic heterocycles. The van der Waals surface area contributed by atoms with Gasteiger partial charge in [-0.3, -0.25) is 9.20 Å². The van der Waals surface area contributed by atoms with Crippen LogP contribution in [0.5, 0.6) is 0 Å². The molecule has 112 valence electrons. The van der Waals surface area contributed by atoms with Crippen molar-refractivity contribution < 1.29 is 9.53 Å². The first-order valence-electron chi connectivity index (χ1n) is 6.45. The minimum Gasteiger partial charge on any atom is -0.456 e. The number of benzene rings is 1. The summed E-state index contributed by atoms with van der Waals surface area (Å²) in [4.78, 5) is 29.9. The predicted molar refractivity (Wildman–Crippen MR) is 87.3 cm³/mol. The molecule has 0 fully saturated rings. The highest BCUT2D eigenvalue weighted by Crippen LogP contribution is 2.18. The molecule has 22 heavy (non-hydrogen) atoms. The fourth-order valence-electron chi connectivity index (χ4n) is 1.98. The second-order valence-electron chi connectivity index (χ2n) is 4.64. The molecule has 5 nitrogen and oxygen atoms in total. The van der Waals surface area contributed by atoms with Crippen molar-refractivity contribution in [3.05, 3.63) is 67.5 Å². The number of carbonyl (C=O) groups is 1. The normalized spacial score (nSPS) is 10.8. The van der Waals surface area contributed by atoms with Gasteiger partial charge in [0.2, 0.25) is 0 Å². The smallest absolute Gasteiger partial charge is 0.339 e. The minimum atomic E-state index is -0.461. The molecule has 1 aromatic carbocycles. The van der Waals surface area contributed by atoms with Crippen LogP contribution in [-0.2, 0) is 11.3 Å². The van der Waals surface area contributed by atoms with Crippen LogP contribution < -0.4 is 5.56 Å². The lowest BCUT2D eigenvalue weighted by molar-refractivity contribution is 0.0466. The van der Waals surface area contributed by atoms with Crippen LogP contribution in [0.15, 0.2) is 45.8 Å². The van der Waals surface area contributed by atoms with E-state index in [1.165, 1.54) is 21.8 Å². The molecule has 0 unspecified atom stereocenters. The maximum atomic E-state index is 12.0. The molecule has 0 radical (unpaired) electrons. The maximum absolute atomic E-state index is 12.0. The summed E-state index contributed by atoms with van der Waals surface area (Å²) >= 11 is 4.72. The maximum Gasteiger partial charge on any atom is 0.339 e. The van der Waals surface area contributed by atoms with E-state index in [4.69, 9.17) is 4.74 Å². The lowest BCUT2D eigenvalue weighted by atomic mass is 10.2. The molecule has 0 spiro atoms. The van der Waals surface area contributed by atoms with Crippen LogP contribution in [0.3, 0.4) is 0 Å². The number of hydrogen-bond acceptors (Lipinski definition) is 5. The molecule has 0 saturated carbocycles. The van der Waals surface area contributed by atoms with Crippen LogP contribution in [0.25, 0.3) is 4.96 Å². The van der Waals surface area contributed by atoms with Crippen LogP contribution in [0.1, 0.15) is 20.9 Å². The fraction of sp³-hybridized carbons (Fsp3) is 0.133. The zero-order valence-electron chi connectivity index (χ0n) is 11.6. The third-order valence-electron chi connectivity index (χ3n) is 2.98. The van der Waals surface area contributed by atoms with Crippen molar-refractivity contribution in [2.75, 3.05) is 0 Å². The fourth-order valence-corrected chi connectivity index (χ4v) is 3.27. The summed E-state index contributed by atoms with van der Waals surface area (Å²) in [7, 11) is 0. The Morgan fingerprint density at radius 2 is 2.18 bits per heavy atom. The number of nitrogens with zero attached hydrogens (tertiary/aromatic N) is 2. The molecule has 3 aromatic rings. The van der Waals surface area contributed by atoms with E-state index < -0.39 is 5.97 Å². The van der Waals surface area contributed by atoms with E-state index in [9.17, 15) is 9.59 Å². The summed E-state index contributed by atoms with van der Waals surface area (Å²) in [5, 5.41) is 0. The summed E-state index contributed by atoms with van der Waals surface area (Å²) in [6, 6.07) is 8.39. The van der Waals surface area contributed by atoms with Gasteiger partial charge in [0.15, 0.2) is 4.96 Å². The SMILES string of the molecule is Cc1cn2c(=O)cc(COC(=O)c3ccccc3Br)nc2s1. The number of aromatic nitrogens is 2. The zero-order chi connectivity index (χ0) is 15.7. The molecule has 0 bridgehead atoms. The molecular weight excluding hydrogens is 368 g/mol. The van der Waals surface area contributed by atoms with Crippen LogP contribution in [0.4, 0.5) is 0 Å². The van der Waals surface area contributed by atoms with Crippen LogP contribution >= 0.6 is 27.3 Å². The van der Waals surface area contributed by atoms with Gasteiger partial charge in [-0.05, 0) is 35.0 Å². The molecule has 0 N–H and O–H groups in total. The Balaban J connectivity index is 1.81. The van der Waals surface area contributed by atoms with Gasteiger partial charge in [0.05, 0.1) is 11.3 Å². The molecule has 0 atom stereocenters. The Morgan fingerprint density at radius 3 is 2.95 bits per heavy atom. The van der Waals surface area contributed by atoms with E-state index in [1.807, 2.05) is 13.0 Å². The third-order valence-corrected chi connectivity index (χ3v) is 4.57. The zero-order valence-corrected chi connectivity index (χ0v) is 14.0. The van der Waals surface area contributed by atoms with Gasteiger partial charge in [0, 0.05) is 21.6 Å². The number of esters is 1. The quantitative estimate of drug-likeness (QED) is 0.656. The number of halogens is 1. The highest BCUT2D eigenvalue weighted by Gasteiger charge is 2.12. The number of rotatable bonds is 3. The van der Waals surface area contributed by atoms with E-state index in [0.29, 0.717) is 20.7 Å². The van der Waals surface area contributed by atoms with E-state index in [0.717, 1.165) is 4.88 Å². The Kier molecular flexibility index (Phi) is 4.08. The van der Waals surface area contributed by atoms with Crippen molar-refractivity contribution in [2.45, 2.75) is 13.5 Å². The van der Waals surface area contributed by atoms with E-state index in [-0.39, 0.29) is 12.2 Å². The van der Waals surface area contributed by atoms with E-state index in [1.54, 1.807) is 24.4 Å². The Labute approximate surface area is 138 Å². The molecule has 0 aliphatic heterocycles. The lowest BCUT2D eigenvalue weighted by Gasteiger charge is -2.06. The van der Waals surface area contributed by atoms with Gasteiger partial charge in [0.25, 0.3) is 5.56 Å². The molecule has 7 heteroatoms. The third kappa shape index (κ3) is 2.95. The number of hydrogen-bond donors (Lipinski definition) is 0. The minimum absolute atomic E-state index is 0.0388. The van der Waals surface area contributed by atoms with Crippen molar-refractivity contribution in [2.24, 2.45) is 0 Å². The summed E-state index contributed by atoms with van der Waals surface area (Å²) in [6.45, 7) is 1.87. The second kappa shape index (κ2) is 6.02. The Morgan fingerprint density at radius 1 is 1.41 bits per heavy atom. The number of carbonyl (C=O) groups excluding carboxylic acids is 1. The molecule has 0 saturated heterocycles. The Bertz CT molecular complexity index is 917. The van der Waals surface area contributed by atoms with Crippen LogP contribution in [0.2, 0.25) is 0 Å². The first-order chi connectivity index (χ1) is 10.5. The van der Waals surface area contributed by atoms with Gasteiger partial charge in [-0.15, -0.1) is 11.3 Å². The summed E-state index contributed by atoms with van der Waals surface area (Å²) in [6.07, 6.45) is 1.74. The highest BCUT2D eigenvalue weighted by molar-refractivity contribution is 9.10. The standard InChI is InChI=1S/C15H11BrN2O3S/c1-9-7-18-13(19)6-10(17-15(18)22-9)8-21-14(20)11-4-2-3-5-12(11)16/h2-7H,8H2,1H3. The monoisotopic (exact) mass is 378 g/mol. The van der Waals surface area contributed by atoms with Gasteiger partial charge in [-0.25, -0.2) is 9.78 Å². The Hall–Kier alpha value is -1.99. The van der Waals surface area contributed by atoms with Gasteiger partial charge in [0.1, 0.15) is 6.61 Å². The summed E-state index contributed by atoms with van der Waals surface area (Å²) in [5.74, 6) is -0.461. The number of fused-ring (bicyclic) bond motifs is 1. The largest absolute Gasteiger partial charge is 0.456 e. The molecule has 0 aliphatic carbocycles. The van der Waals surface area contributed by atoms with Crippen LogP contribution in [0, 0.1) is 6.92 Å². The second-order valence-corrected chi connectivity index (χ2v) is 6.70. The van der Waals surface area contributed by atoms with Crippen molar-refractivity contribution in [1.29, 1.82) is 0 Å². The van der Waals surface area contributed by atoms with Gasteiger partial charge in [-0.2, -0.15) is 0 Å². The van der Waals surface area contributed by atoms with Crippen molar-refractivity contribution in [3.63, 3.8) is 0 Å². The predicted octanol–water partition coefficient (Wildman–Crippen LogP) is 3.18. The van der Waals surface area contributed by atoms with Gasteiger partial charge >= 0.3 is 5.97 Å². The lowest BCUT2D eigenvalue weighted by Crippen LogP contribution is -2.14. The number of ether oxygens (including phenoxy) is 1. The number of aryl methyl sites for hydroxylation is 1. The van der Waals surface area contributed by atoms with Crippen molar-refractivity contribution >= 4 is 38.2 Å². The topological polar surface area (TPSA) is 60.7 Å². The van der Waals surface area contributed by atoms with E-state index >= 15 is 0 Å². The first-order valence-corrected chi connectivity index (χ1v) is 8.06. The van der Waals surface area contributed by atoms with Crippen molar-refractivity contribution in [3.8, 4) is 0 Å². The molecule has 0 amide bonds. The van der Waals surface area contributed by atoms with Crippen LogP contribution in [-0.4, -0.2) is 15.4 Å². The molecular formula is C15H11BrN2O3S. The molecule has 0 aliphatic rings. The first kappa shape index (κ1) is 14.9. The summed E-state index contributed by atoms with van der Waals surface area (Å²) in [5.41, 5.74) is 0.695. The van der Waals surface area contributed by atoms with Gasteiger partial charge < -0.3 is 4.74 Å². The van der Waals surface area contributed by atoms with Gasteiger partial charge in [-0.1, -0.05) is 12.1 Å². The highest BCUT2D eigenvalue weighted by atomic mass is 79.9. The van der Waals surface area contributed by atoms with Crippen molar-refractivity contribution in [1.82, 2.24) is 9.38 Å².